The molecule has 3 rings (SSSR count). The molecule has 198 valence electrons. The fraction of sp³-hybridized carbons (Fsp3) is 0.227. The Hall–Kier alpha value is -3.65. The predicted octanol–water partition coefficient (Wildman–Crippen LogP) is 2.95. The van der Waals surface area contributed by atoms with Crippen LogP contribution in [-0.2, 0) is 28.2 Å². The number of halogens is 5. The van der Waals surface area contributed by atoms with Crippen LogP contribution in [0.2, 0.25) is 5.02 Å². The van der Waals surface area contributed by atoms with Gasteiger partial charge in [-0.2, -0.15) is 21.6 Å². The summed E-state index contributed by atoms with van der Waals surface area (Å²) in [4.78, 5) is 37.8. The molecule has 1 amide bonds. The molecule has 0 bridgehead atoms. The van der Waals surface area contributed by atoms with Crippen LogP contribution in [0.4, 0.5) is 23.2 Å². The van der Waals surface area contributed by atoms with Gasteiger partial charge in [-0.3, -0.25) is 18.5 Å². The van der Waals surface area contributed by atoms with Crippen molar-refractivity contribution in [2.24, 2.45) is 7.05 Å². The summed E-state index contributed by atoms with van der Waals surface area (Å²) in [7, 11) is -2.44. The fourth-order valence-electron chi connectivity index (χ4n) is 3.38. The van der Waals surface area contributed by atoms with Gasteiger partial charge < -0.3 is 0 Å². The molecule has 0 aliphatic carbocycles. The Morgan fingerprint density at radius 1 is 1.11 bits per heavy atom. The lowest BCUT2D eigenvalue weighted by atomic mass is 9.99. The second-order valence-electron chi connectivity index (χ2n) is 7.86. The second kappa shape index (κ2) is 10.0. The molecule has 1 unspecified atom stereocenters. The third kappa shape index (κ3) is 5.54. The number of nitrogens with one attached hydrogen (secondary N) is 1. The van der Waals surface area contributed by atoms with E-state index in [1.54, 1.807) is 18.2 Å². The molecular formula is C22H19ClF4N4O5S. The average Bonchev–Trinajstić information content (AvgIpc) is 2.81. The second-order valence-corrected chi connectivity index (χ2v) is 9.97. The summed E-state index contributed by atoms with van der Waals surface area (Å²) in [6.07, 6.45) is -5.03. The van der Waals surface area contributed by atoms with E-state index in [-0.39, 0.29) is 31.5 Å². The van der Waals surface area contributed by atoms with Crippen LogP contribution in [0.3, 0.4) is 0 Å². The van der Waals surface area contributed by atoms with Crippen LogP contribution < -0.4 is 20.3 Å². The molecule has 0 aliphatic rings. The number of nitrogens with zero attached hydrogens (tertiary/aromatic N) is 3. The molecule has 2 aromatic carbocycles. The van der Waals surface area contributed by atoms with E-state index in [9.17, 15) is 40.4 Å². The monoisotopic (exact) mass is 562 g/mol. The number of anilines is 1. The molecule has 1 heterocycles. The number of carbonyl (C=O) groups excluding carboxylic acids is 1. The van der Waals surface area contributed by atoms with Gasteiger partial charge in [-0.25, -0.2) is 18.5 Å². The lowest BCUT2D eigenvalue weighted by Crippen LogP contribution is -2.43. The van der Waals surface area contributed by atoms with Crippen molar-refractivity contribution >= 4 is 33.4 Å². The van der Waals surface area contributed by atoms with E-state index in [2.05, 4.69) is 0 Å². The maximum Gasteiger partial charge on any atom is 0.431 e. The van der Waals surface area contributed by atoms with E-state index >= 15 is 0 Å². The molecule has 0 fully saturated rings. The van der Waals surface area contributed by atoms with Gasteiger partial charge in [-0.1, -0.05) is 29.8 Å². The molecule has 0 aliphatic heterocycles. The lowest BCUT2D eigenvalue weighted by Gasteiger charge is -2.22. The first-order valence-electron chi connectivity index (χ1n) is 10.3. The molecule has 3 aromatic rings. The Labute approximate surface area is 212 Å². The maximum atomic E-state index is 14.8. The fourth-order valence-corrected chi connectivity index (χ4v) is 4.66. The summed E-state index contributed by atoms with van der Waals surface area (Å²) >= 11 is 6.05. The van der Waals surface area contributed by atoms with E-state index in [4.69, 9.17) is 11.6 Å². The molecule has 37 heavy (non-hydrogen) atoms. The Balaban J connectivity index is 2.03. The standard InChI is InChI=1S/C22H19ClF4N4O5S/c1-12(20(33)28-37(35,36)30(3)13-7-5-4-6-8-13)14-9-17(16(24)10-15(14)23)31-19(32)11-18(22(25,26)27)29(2)21(31)34/h4-12H,1-3H3,(H,28,33). The first-order valence-corrected chi connectivity index (χ1v) is 12.1. The molecule has 0 saturated heterocycles. The SMILES string of the molecule is CC(C(=O)NS(=O)(=O)N(C)c1ccccc1)c1cc(-n2c(=O)cc(C(F)(F)F)n(C)c2=O)c(F)cc1Cl. The summed E-state index contributed by atoms with van der Waals surface area (Å²) in [5.74, 6) is -3.69. The predicted molar refractivity (Wildman–Crippen MR) is 128 cm³/mol. The Kier molecular flexibility index (Phi) is 7.56. The third-order valence-electron chi connectivity index (χ3n) is 5.49. The number of benzene rings is 2. The first-order chi connectivity index (χ1) is 17.1. The number of para-hydroxylation sites is 1. The van der Waals surface area contributed by atoms with Gasteiger partial charge in [-0.05, 0) is 36.8 Å². The van der Waals surface area contributed by atoms with Crippen molar-refractivity contribution in [3.05, 3.63) is 91.5 Å². The highest BCUT2D eigenvalue weighted by Crippen LogP contribution is 2.30. The van der Waals surface area contributed by atoms with Gasteiger partial charge in [0.05, 0.1) is 17.3 Å². The molecule has 0 radical (unpaired) electrons. The van der Waals surface area contributed by atoms with Crippen LogP contribution in [0.15, 0.2) is 58.1 Å². The van der Waals surface area contributed by atoms with E-state index in [1.807, 2.05) is 4.72 Å². The van der Waals surface area contributed by atoms with Crippen molar-refractivity contribution in [2.75, 3.05) is 11.4 Å². The number of rotatable bonds is 6. The van der Waals surface area contributed by atoms with Gasteiger partial charge in [0.1, 0.15) is 11.5 Å². The van der Waals surface area contributed by atoms with Crippen molar-refractivity contribution in [3.63, 3.8) is 0 Å². The zero-order chi connectivity index (χ0) is 27.9. The van der Waals surface area contributed by atoms with Gasteiger partial charge in [0.25, 0.3) is 5.56 Å². The molecule has 1 atom stereocenters. The number of hydrogen-bond acceptors (Lipinski definition) is 5. The highest BCUT2D eigenvalue weighted by Gasteiger charge is 2.35. The number of alkyl halides is 3. The average molecular weight is 563 g/mol. The summed E-state index contributed by atoms with van der Waals surface area (Å²) < 4.78 is 82.4. The minimum Gasteiger partial charge on any atom is -0.292 e. The quantitative estimate of drug-likeness (QED) is 0.465. The summed E-state index contributed by atoms with van der Waals surface area (Å²) in [5.41, 5.74) is -5.25. The lowest BCUT2D eigenvalue weighted by molar-refractivity contribution is -0.144. The van der Waals surface area contributed by atoms with E-state index in [1.165, 1.54) is 26.1 Å². The smallest absolute Gasteiger partial charge is 0.292 e. The molecule has 0 spiro atoms. The van der Waals surface area contributed by atoms with Crippen LogP contribution >= 0.6 is 11.6 Å². The van der Waals surface area contributed by atoms with Gasteiger partial charge in [0, 0.05) is 25.2 Å². The van der Waals surface area contributed by atoms with Crippen LogP contribution in [0.1, 0.15) is 24.1 Å². The molecule has 9 nitrogen and oxygen atoms in total. The highest BCUT2D eigenvalue weighted by molar-refractivity contribution is 7.91. The number of aromatic nitrogens is 2. The van der Waals surface area contributed by atoms with Gasteiger partial charge in [-0.15, -0.1) is 0 Å². The maximum absolute atomic E-state index is 14.8. The Morgan fingerprint density at radius 2 is 1.70 bits per heavy atom. The van der Waals surface area contributed by atoms with Crippen molar-refractivity contribution in [1.29, 1.82) is 0 Å². The van der Waals surface area contributed by atoms with Crippen molar-refractivity contribution in [1.82, 2.24) is 13.9 Å². The van der Waals surface area contributed by atoms with Gasteiger partial charge in [0.2, 0.25) is 5.91 Å². The molecular weight excluding hydrogens is 544 g/mol. The van der Waals surface area contributed by atoms with E-state index < -0.39 is 56.7 Å². The molecule has 1 aromatic heterocycles. The number of hydrogen-bond donors (Lipinski definition) is 1. The van der Waals surface area contributed by atoms with Crippen molar-refractivity contribution in [3.8, 4) is 5.69 Å². The number of amides is 1. The van der Waals surface area contributed by atoms with E-state index in [0.29, 0.717) is 6.07 Å². The largest absolute Gasteiger partial charge is 0.431 e. The van der Waals surface area contributed by atoms with Crippen LogP contribution in [0.25, 0.3) is 5.69 Å². The Morgan fingerprint density at radius 3 is 2.27 bits per heavy atom. The first kappa shape index (κ1) is 27.9. The molecule has 15 heteroatoms. The normalized spacial score (nSPS) is 12.8. The minimum atomic E-state index is -5.03. The zero-order valence-electron chi connectivity index (χ0n) is 19.4. The topological polar surface area (TPSA) is 110 Å². The highest BCUT2D eigenvalue weighted by atomic mass is 35.5. The molecule has 0 saturated carbocycles. The summed E-state index contributed by atoms with van der Waals surface area (Å²) in [6.45, 7) is 1.23. The zero-order valence-corrected chi connectivity index (χ0v) is 20.9. The minimum absolute atomic E-state index is 0.122. The number of carbonyl (C=O) groups is 1. The summed E-state index contributed by atoms with van der Waals surface area (Å²) in [5, 5.41) is -0.352. The summed E-state index contributed by atoms with van der Waals surface area (Å²) in [6, 6.07) is 9.40. The van der Waals surface area contributed by atoms with Crippen LogP contribution in [0.5, 0.6) is 0 Å². The Bertz CT molecular complexity index is 1590. The van der Waals surface area contributed by atoms with Crippen LogP contribution in [-0.4, -0.2) is 30.5 Å². The third-order valence-corrected chi connectivity index (χ3v) is 7.21. The molecule has 1 N–H and O–H groups in total. The van der Waals surface area contributed by atoms with E-state index in [0.717, 1.165) is 17.4 Å². The van der Waals surface area contributed by atoms with Crippen molar-refractivity contribution in [2.45, 2.75) is 19.0 Å². The van der Waals surface area contributed by atoms with Gasteiger partial charge >= 0.3 is 22.1 Å². The van der Waals surface area contributed by atoms with Gasteiger partial charge in [0.15, 0.2) is 0 Å². The van der Waals surface area contributed by atoms with Crippen LogP contribution in [0, 0.1) is 5.82 Å². The van der Waals surface area contributed by atoms with Crippen molar-refractivity contribution < 1.29 is 30.8 Å².